The van der Waals surface area contributed by atoms with Crippen molar-refractivity contribution in [3.8, 4) is 11.5 Å². The zero-order valence-corrected chi connectivity index (χ0v) is 21.3. The second kappa shape index (κ2) is 9.54. The van der Waals surface area contributed by atoms with Gasteiger partial charge in [0.2, 0.25) is 0 Å². The van der Waals surface area contributed by atoms with E-state index in [0.29, 0.717) is 35.6 Å². The van der Waals surface area contributed by atoms with E-state index in [1.807, 2.05) is 78.8 Å². The molecule has 3 N–H and O–H groups in total. The molecule has 4 nitrogen and oxygen atoms in total. The van der Waals surface area contributed by atoms with Gasteiger partial charge in [0, 0.05) is 11.6 Å². The molecule has 2 aromatic rings. The molecule has 0 saturated heterocycles. The maximum atomic E-state index is 13.5. The van der Waals surface area contributed by atoms with Gasteiger partial charge in [0.1, 0.15) is 17.3 Å². The van der Waals surface area contributed by atoms with Gasteiger partial charge >= 0.3 is 0 Å². The van der Waals surface area contributed by atoms with Crippen molar-refractivity contribution in [1.29, 1.82) is 0 Å². The molecule has 2 aromatic carbocycles. The van der Waals surface area contributed by atoms with Crippen LogP contribution >= 0.6 is 0 Å². The van der Waals surface area contributed by atoms with Gasteiger partial charge in [0.15, 0.2) is 5.78 Å². The van der Waals surface area contributed by atoms with Crippen LogP contribution in [0.5, 0.6) is 11.5 Å². The molecule has 0 bridgehead atoms. The van der Waals surface area contributed by atoms with E-state index >= 15 is 0 Å². The Kier molecular flexibility index (Phi) is 7.11. The Morgan fingerprint density at radius 1 is 0.853 bits per heavy atom. The number of fused-ring (bicyclic) bond motifs is 2. The number of carbonyl (C=O) groups is 1. The molecule has 0 atom stereocenters. The van der Waals surface area contributed by atoms with Crippen LogP contribution in [0.25, 0.3) is 16.5 Å². The summed E-state index contributed by atoms with van der Waals surface area (Å²) >= 11 is 0. The molecule has 1 aliphatic carbocycles. The zero-order chi connectivity index (χ0) is 25.4. The van der Waals surface area contributed by atoms with Gasteiger partial charge in [0.25, 0.3) is 0 Å². The van der Waals surface area contributed by atoms with Crippen molar-refractivity contribution < 1.29 is 20.1 Å². The fourth-order valence-electron chi connectivity index (χ4n) is 4.64. The standard InChI is InChI=1S/C30H36O4/c1-17(2)8-9-22-20(7)14-21-15-23-27(29(34)26(21)28(22)33)24(31)16-25(32)30(23,12-10-18(3)4)13-11-19(5)6/h8,10-11,14-16,31,33-34H,9,12-13H2,1-7H3. The number of allylic oxidation sites excluding steroid dienone is 7. The number of benzene rings is 2. The second-order valence-corrected chi connectivity index (χ2v) is 10.2. The first-order valence-corrected chi connectivity index (χ1v) is 11.8. The lowest BCUT2D eigenvalue weighted by Crippen LogP contribution is -2.37. The predicted octanol–water partition coefficient (Wildman–Crippen LogP) is 7.50. The molecule has 1 aliphatic rings. The molecule has 180 valence electrons. The van der Waals surface area contributed by atoms with Crippen LogP contribution in [0.2, 0.25) is 0 Å². The number of hydrogen-bond donors (Lipinski definition) is 3. The summed E-state index contributed by atoms with van der Waals surface area (Å²) in [5, 5.41) is 34.3. The highest BCUT2D eigenvalue weighted by Gasteiger charge is 2.44. The summed E-state index contributed by atoms with van der Waals surface area (Å²) in [6.07, 6.45) is 8.75. The first-order valence-electron chi connectivity index (χ1n) is 11.8. The van der Waals surface area contributed by atoms with E-state index in [9.17, 15) is 20.1 Å². The van der Waals surface area contributed by atoms with Crippen LogP contribution in [0.1, 0.15) is 76.6 Å². The number of aliphatic hydroxyl groups excluding tert-OH is 1. The summed E-state index contributed by atoms with van der Waals surface area (Å²) in [5.41, 5.74) is 4.82. The molecule has 0 fully saturated rings. The van der Waals surface area contributed by atoms with Crippen molar-refractivity contribution >= 4 is 22.3 Å². The predicted molar refractivity (Wildman–Crippen MR) is 141 cm³/mol. The van der Waals surface area contributed by atoms with E-state index in [-0.39, 0.29) is 28.6 Å². The minimum Gasteiger partial charge on any atom is -0.507 e. The van der Waals surface area contributed by atoms with Crippen molar-refractivity contribution in [3.63, 3.8) is 0 Å². The van der Waals surface area contributed by atoms with Gasteiger partial charge in [-0.15, -0.1) is 0 Å². The molecule has 0 heterocycles. The number of rotatable bonds is 6. The molecular weight excluding hydrogens is 424 g/mol. The van der Waals surface area contributed by atoms with Crippen LogP contribution in [0.3, 0.4) is 0 Å². The topological polar surface area (TPSA) is 77.8 Å². The maximum absolute atomic E-state index is 13.5. The van der Waals surface area contributed by atoms with Gasteiger partial charge in [-0.3, -0.25) is 4.79 Å². The van der Waals surface area contributed by atoms with Crippen molar-refractivity contribution in [2.75, 3.05) is 0 Å². The van der Waals surface area contributed by atoms with Crippen molar-refractivity contribution in [3.05, 3.63) is 75.4 Å². The van der Waals surface area contributed by atoms with Crippen LogP contribution in [0, 0.1) is 6.92 Å². The molecule has 0 saturated carbocycles. The molecule has 0 radical (unpaired) electrons. The highest BCUT2D eigenvalue weighted by molar-refractivity contribution is 6.11. The number of carbonyl (C=O) groups excluding carboxylic acids is 1. The van der Waals surface area contributed by atoms with Crippen molar-refractivity contribution in [2.24, 2.45) is 0 Å². The quantitative estimate of drug-likeness (QED) is 0.390. The summed E-state index contributed by atoms with van der Waals surface area (Å²) in [7, 11) is 0. The second-order valence-electron chi connectivity index (χ2n) is 10.2. The third-order valence-corrected chi connectivity index (χ3v) is 6.65. The molecule has 0 amide bonds. The Labute approximate surface area is 202 Å². The number of phenolic OH excluding ortho intramolecular Hbond substituents is 2. The van der Waals surface area contributed by atoms with Gasteiger partial charge in [-0.25, -0.2) is 0 Å². The Hall–Kier alpha value is -3.27. The minimum atomic E-state index is -0.952. The van der Waals surface area contributed by atoms with Crippen molar-refractivity contribution in [2.45, 2.75) is 73.1 Å². The lowest BCUT2D eigenvalue weighted by atomic mass is 9.66. The van der Waals surface area contributed by atoms with E-state index in [2.05, 4.69) is 0 Å². The van der Waals surface area contributed by atoms with E-state index < -0.39 is 5.41 Å². The fraction of sp³-hybridized carbons (Fsp3) is 0.367. The van der Waals surface area contributed by atoms with E-state index in [1.165, 1.54) is 6.08 Å². The third-order valence-electron chi connectivity index (χ3n) is 6.65. The van der Waals surface area contributed by atoms with E-state index in [1.54, 1.807) is 0 Å². The fourth-order valence-corrected chi connectivity index (χ4v) is 4.64. The van der Waals surface area contributed by atoms with Crippen LogP contribution in [-0.4, -0.2) is 21.1 Å². The van der Waals surface area contributed by atoms with E-state index in [0.717, 1.165) is 27.8 Å². The Bertz CT molecular complexity index is 1250. The average molecular weight is 461 g/mol. The molecule has 0 spiro atoms. The summed E-state index contributed by atoms with van der Waals surface area (Å²) in [5.74, 6) is -0.636. The minimum absolute atomic E-state index is 0.0108. The Morgan fingerprint density at radius 2 is 1.41 bits per heavy atom. The zero-order valence-electron chi connectivity index (χ0n) is 21.3. The normalized spacial score (nSPS) is 14.3. The molecule has 0 unspecified atom stereocenters. The summed E-state index contributed by atoms with van der Waals surface area (Å²) in [6, 6.07) is 3.80. The largest absolute Gasteiger partial charge is 0.507 e. The third kappa shape index (κ3) is 4.54. The summed E-state index contributed by atoms with van der Waals surface area (Å²) in [6.45, 7) is 13.9. The van der Waals surface area contributed by atoms with Crippen LogP contribution in [0.4, 0.5) is 0 Å². The molecule has 0 aliphatic heterocycles. The first-order chi connectivity index (χ1) is 15.9. The average Bonchev–Trinajstić information content (AvgIpc) is 2.72. The van der Waals surface area contributed by atoms with E-state index in [4.69, 9.17) is 0 Å². The SMILES string of the molecule is CC(C)=CCc1c(C)cc2cc3c(c(O)c2c1O)C(O)=CC(=O)C3(CC=C(C)C)CC=C(C)C. The number of phenols is 2. The van der Waals surface area contributed by atoms with Crippen LogP contribution in [0.15, 0.2) is 53.2 Å². The molecule has 34 heavy (non-hydrogen) atoms. The van der Waals surface area contributed by atoms with Gasteiger partial charge in [-0.05, 0) is 90.3 Å². The summed E-state index contributed by atoms with van der Waals surface area (Å²) in [4.78, 5) is 13.5. The van der Waals surface area contributed by atoms with Crippen LogP contribution in [-0.2, 0) is 16.6 Å². The monoisotopic (exact) mass is 460 g/mol. The van der Waals surface area contributed by atoms with Crippen molar-refractivity contribution in [1.82, 2.24) is 0 Å². The number of ketones is 1. The Balaban J connectivity index is 2.40. The van der Waals surface area contributed by atoms with Crippen LogP contribution < -0.4 is 0 Å². The molecule has 4 heteroatoms. The van der Waals surface area contributed by atoms with Gasteiger partial charge in [0.05, 0.1) is 16.4 Å². The number of aliphatic hydroxyl groups is 1. The number of hydrogen-bond acceptors (Lipinski definition) is 4. The van der Waals surface area contributed by atoms with Gasteiger partial charge in [-0.1, -0.05) is 41.0 Å². The highest BCUT2D eigenvalue weighted by Crippen LogP contribution is 2.50. The molecule has 0 aromatic heterocycles. The number of aromatic hydroxyl groups is 2. The van der Waals surface area contributed by atoms with Gasteiger partial charge < -0.3 is 15.3 Å². The smallest absolute Gasteiger partial charge is 0.170 e. The molecular formula is C30H36O4. The summed E-state index contributed by atoms with van der Waals surface area (Å²) < 4.78 is 0. The lowest BCUT2D eigenvalue weighted by Gasteiger charge is -2.36. The molecule has 3 rings (SSSR count). The Morgan fingerprint density at radius 3 is 1.94 bits per heavy atom. The van der Waals surface area contributed by atoms with Gasteiger partial charge in [-0.2, -0.15) is 0 Å². The number of aryl methyl sites for hydroxylation is 1. The lowest BCUT2D eigenvalue weighted by molar-refractivity contribution is -0.120. The maximum Gasteiger partial charge on any atom is 0.170 e. The first kappa shape index (κ1) is 25.4. The highest BCUT2D eigenvalue weighted by atomic mass is 16.3.